The average Bonchev–Trinajstić information content (AvgIpc) is 2.24. The molecule has 0 bridgehead atoms. The zero-order chi connectivity index (χ0) is 11.4. The SMILES string of the molecule is CCOCCCNC(=O)COCCOC. The maximum atomic E-state index is 11.1. The van der Waals surface area contributed by atoms with E-state index in [1.165, 1.54) is 0 Å². The van der Waals surface area contributed by atoms with E-state index in [0.717, 1.165) is 6.42 Å². The number of rotatable bonds is 10. The first-order valence-corrected chi connectivity index (χ1v) is 5.22. The quantitative estimate of drug-likeness (QED) is 0.533. The van der Waals surface area contributed by atoms with E-state index in [2.05, 4.69) is 5.32 Å². The molecule has 0 aliphatic heterocycles. The van der Waals surface area contributed by atoms with Gasteiger partial charge in [-0.25, -0.2) is 0 Å². The molecule has 0 aliphatic carbocycles. The van der Waals surface area contributed by atoms with Gasteiger partial charge in [-0.3, -0.25) is 4.79 Å². The van der Waals surface area contributed by atoms with E-state index in [9.17, 15) is 4.79 Å². The summed E-state index contributed by atoms with van der Waals surface area (Å²) in [6.45, 7) is 5.03. The van der Waals surface area contributed by atoms with Gasteiger partial charge in [-0.15, -0.1) is 0 Å². The summed E-state index contributed by atoms with van der Waals surface area (Å²) in [7, 11) is 1.59. The third kappa shape index (κ3) is 11.3. The molecule has 5 nitrogen and oxygen atoms in total. The van der Waals surface area contributed by atoms with Crippen molar-refractivity contribution in [2.75, 3.05) is 46.7 Å². The number of hydrogen-bond acceptors (Lipinski definition) is 4. The van der Waals surface area contributed by atoms with Gasteiger partial charge in [-0.05, 0) is 13.3 Å². The highest BCUT2D eigenvalue weighted by molar-refractivity contribution is 5.77. The van der Waals surface area contributed by atoms with Crippen molar-refractivity contribution < 1.29 is 19.0 Å². The van der Waals surface area contributed by atoms with Crippen LogP contribution in [0.2, 0.25) is 0 Å². The lowest BCUT2D eigenvalue weighted by Gasteiger charge is -2.05. The van der Waals surface area contributed by atoms with Gasteiger partial charge in [-0.1, -0.05) is 0 Å². The first-order valence-electron chi connectivity index (χ1n) is 5.22. The summed E-state index contributed by atoms with van der Waals surface area (Å²) in [6, 6.07) is 0. The van der Waals surface area contributed by atoms with Crippen molar-refractivity contribution in [1.29, 1.82) is 0 Å². The van der Waals surface area contributed by atoms with Crippen molar-refractivity contribution in [1.82, 2.24) is 5.32 Å². The summed E-state index contributed by atoms with van der Waals surface area (Å²) < 4.78 is 15.0. The van der Waals surface area contributed by atoms with Gasteiger partial charge in [0.05, 0.1) is 13.2 Å². The van der Waals surface area contributed by atoms with Gasteiger partial charge in [0.15, 0.2) is 0 Å². The molecule has 0 saturated heterocycles. The zero-order valence-electron chi connectivity index (χ0n) is 9.58. The fraction of sp³-hybridized carbons (Fsp3) is 0.900. The summed E-state index contributed by atoms with van der Waals surface area (Å²) in [6.07, 6.45) is 0.831. The standard InChI is InChI=1S/C10H21NO4/c1-3-14-6-4-5-11-10(12)9-15-8-7-13-2/h3-9H2,1-2H3,(H,11,12). The molecular weight excluding hydrogens is 198 g/mol. The zero-order valence-corrected chi connectivity index (χ0v) is 9.58. The first-order chi connectivity index (χ1) is 7.31. The molecule has 0 spiro atoms. The molecule has 0 aromatic rings. The van der Waals surface area contributed by atoms with Crippen molar-refractivity contribution in [3.63, 3.8) is 0 Å². The molecule has 0 unspecified atom stereocenters. The Labute approximate surface area is 91.1 Å². The van der Waals surface area contributed by atoms with Crippen LogP contribution in [0.25, 0.3) is 0 Å². The molecule has 15 heavy (non-hydrogen) atoms. The van der Waals surface area contributed by atoms with Crippen LogP contribution in [0.1, 0.15) is 13.3 Å². The van der Waals surface area contributed by atoms with Gasteiger partial charge in [0, 0.05) is 26.9 Å². The second-order valence-electron chi connectivity index (χ2n) is 2.95. The topological polar surface area (TPSA) is 56.8 Å². The summed E-state index contributed by atoms with van der Waals surface area (Å²) in [5.41, 5.74) is 0. The highest BCUT2D eigenvalue weighted by Gasteiger charge is 1.99. The van der Waals surface area contributed by atoms with Crippen LogP contribution < -0.4 is 5.32 Å². The lowest BCUT2D eigenvalue weighted by Crippen LogP contribution is -2.29. The predicted octanol–water partition coefficient (Wildman–Crippen LogP) is 0.192. The third-order valence-electron chi connectivity index (χ3n) is 1.66. The van der Waals surface area contributed by atoms with Gasteiger partial charge in [0.2, 0.25) is 5.91 Å². The minimum Gasteiger partial charge on any atom is -0.382 e. The van der Waals surface area contributed by atoms with E-state index in [4.69, 9.17) is 14.2 Å². The van der Waals surface area contributed by atoms with E-state index >= 15 is 0 Å². The predicted molar refractivity (Wildman–Crippen MR) is 56.8 cm³/mol. The van der Waals surface area contributed by atoms with Gasteiger partial charge >= 0.3 is 0 Å². The first kappa shape index (κ1) is 14.3. The van der Waals surface area contributed by atoms with Crippen LogP contribution in [0.5, 0.6) is 0 Å². The van der Waals surface area contributed by atoms with Crippen molar-refractivity contribution in [2.24, 2.45) is 0 Å². The number of hydrogen-bond donors (Lipinski definition) is 1. The molecule has 0 aromatic carbocycles. The Bertz CT molecular complexity index is 152. The van der Waals surface area contributed by atoms with Crippen LogP contribution in [0.15, 0.2) is 0 Å². The molecule has 0 saturated carbocycles. The lowest BCUT2D eigenvalue weighted by atomic mass is 10.4. The molecule has 0 radical (unpaired) electrons. The molecule has 0 aromatic heterocycles. The molecule has 0 heterocycles. The Morgan fingerprint density at radius 2 is 2.00 bits per heavy atom. The van der Waals surface area contributed by atoms with Crippen LogP contribution in [0.3, 0.4) is 0 Å². The third-order valence-corrected chi connectivity index (χ3v) is 1.66. The molecule has 0 aliphatic rings. The fourth-order valence-electron chi connectivity index (χ4n) is 0.905. The van der Waals surface area contributed by atoms with Crippen LogP contribution >= 0.6 is 0 Å². The lowest BCUT2D eigenvalue weighted by molar-refractivity contribution is -0.126. The van der Waals surface area contributed by atoms with Crippen LogP contribution in [-0.2, 0) is 19.0 Å². The molecule has 90 valence electrons. The van der Waals surface area contributed by atoms with Crippen LogP contribution in [-0.4, -0.2) is 52.6 Å². The highest BCUT2D eigenvalue weighted by Crippen LogP contribution is 1.81. The smallest absolute Gasteiger partial charge is 0.246 e. The second kappa shape index (κ2) is 11.4. The molecular formula is C10H21NO4. The molecule has 0 fully saturated rings. The number of carbonyl (C=O) groups is 1. The second-order valence-corrected chi connectivity index (χ2v) is 2.95. The van der Waals surface area contributed by atoms with Crippen LogP contribution in [0, 0.1) is 0 Å². The molecule has 1 N–H and O–H groups in total. The van der Waals surface area contributed by atoms with Crippen molar-refractivity contribution in [2.45, 2.75) is 13.3 Å². The van der Waals surface area contributed by atoms with E-state index in [1.807, 2.05) is 6.92 Å². The summed E-state index contributed by atoms with van der Waals surface area (Å²) in [4.78, 5) is 11.1. The van der Waals surface area contributed by atoms with Crippen molar-refractivity contribution in [3.8, 4) is 0 Å². The van der Waals surface area contributed by atoms with Crippen molar-refractivity contribution >= 4 is 5.91 Å². The molecule has 5 heteroatoms. The fourth-order valence-corrected chi connectivity index (χ4v) is 0.905. The number of amides is 1. The molecule has 0 atom stereocenters. The minimum absolute atomic E-state index is 0.0948. The maximum Gasteiger partial charge on any atom is 0.246 e. The summed E-state index contributed by atoms with van der Waals surface area (Å²) in [5, 5.41) is 2.73. The Kier molecular flexibility index (Phi) is 10.9. The number of methoxy groups -OCH3 is 1. The van der Waals surface area contributed by atoms with Gasteiger partial charge in [0.25, 0.3) is 0 Å². The van der Waals surface area contributed by atoms with Crippen LogP contribution in [0.4, 0.5) is 0 Å². The van der Waals surface area contributed by atoms with Gasteiger partial charge in [0.1, 0.15) is 6.61 Å². The Morgan fingerprint density at radius 3 is 2.67 bits per heavy atom. The summed E-state index contributed by atoms with van der Waals surface area (Å²) in [5.74, 6) is -0.0948. The Hall–Kier alpha value is -0.650. The van der Waals surface area contributed by atoms with Gasteiger partial charge < -0.3 is 19.5 Å². The number of carbonyl (C=O) groups excluding carboxylic acids is 1. The van der Waals surface area contributed by atoms with E-state index in [1.54, 1.807) is 7.11 Å². The maximum absolute atomic E-state index is 11.1. The number of ether oxygens (including phenoxy) is 3. The normalized spacial score (nSPS) is 10.3. The summed E-state index contributed by atoms with van der Waals surface area (Å²) >= 11 is 0. The van der Waals surface area contributed by atoms with E-state index in [-0.39, 0.29) is 12.5 Å². The van der Waals surface area contributed by atoms with E-state index < -0.39 is 0 Å². The van der Waals surface area contributed by atoms with E-state index in [0.29, 0.717) is 33.0 Å². The number of nitrogens with one attached hydrogen (secondary N) is 1. The van der Waals surface area contributed by atoms with Crippen molar-refractivity contribution in [3.05, 3.63) is 0 Å². The Balaban J connectivity index is 3.11. The highest BCUT2D eigenvalue weighted by atomic mass is 16.5. The molecule has 1 amide bonds. The monoisotopic (exact) mass is 219 g/mol. The minimum atomic E-state index is -0.0948. The molecule has 0 rings (SSSR count). The Morgan fingerprint density at radius 1 is 1.20 bits per heavy atom. The average molecular weight is 219 g/mol. The largest absolute Gasteiger partial charge is 0.382 e. The van der Waals surface area contributed by atoms with Gasteiger partial charge in [-0.2, -0.15) is 0 Å².